The monoisotopic (exact) mass is 333 g/mol. The normalized spacial score (nSPS) is 17.0. The molecule has 0 bridgehead atoms. The van der Waals surface area contributed by atoms with E-state index in [-0.39, 0.29) is 18.1 Å². The number of nitrogens with zero attached hydrogens (tertiary/aromatic N) is 1. The third-order valence-electron chi connectivity index (χ3n) is 5.02. The predicted octanol–water partition coefficient (Wildman–Crippen LogP) is 3.20. The summed E-state index contributed by atoms with van der Waals surface area (Å²) < 4.78 is 0. The van der Waals surface area contributed by atoms with Crippen molar-refractivity contribution < 1.29 is 9.90 Å². The second-order valence-electron chi connectivity index (χ2n) is 7.16. The molecule has 3 N–H and O–H groups in total. The van der Waals surface area contributed by atoms with Crippen molar-refractivity contribution >= 4 is 11.7 Å². The fourth-order valence-electron chi connectivity index (χ4n) is 3.20. The molecule has 0 saturated carbocycles. The van der Waals surface area contributed by atoms with Crippen molar-refractivity contribution in [3.63, 3.8) is 0 Å². The molecule has 1 aromatic carbocycles. The van der Waals surface area contributed by atoms with E-state index in [9.17, 15) is 9.90 Å². The Morgan fingerprint density at radius 2 is 2.04 bits per heavy atom. The zero-order chi connectivity index (χ0) is 17.6. The molecule has 1 aliphatic heterocycles. The van der Waals surface area contributed by atoms with Crippen LogP contribution in [-0.2, 0) is 6.54 Å². The number of rotatable bonds is 6. The molecule has 2 rings (SSSR count). The molecule has 5 nitrogen and oxygen atoms in total. The van der Waals surface area contributed by atoms with E-state index in [1.807, 2.05) is 23.1 Å². The van der Waals surface area contributed by atoms with Gasteiger partial charge in [-0.2, -0.15) is 0 Å². The average Bonchev–Trinajstić information content (AvgIpc) is 2.59. The fraction of sp³-hybridized carbons (Fsp3) is 0.632. The molecular weight excluding hydrogens is 302 g/mol. The fourth-order valence-corrected chi connectivity index (χ4v) is 3.20. The molecule has 1 fully saturated rings. The summed E-state index contributed by atoms with van der Waals surface area (Å²) in [6, 6.07) is 8.51. The highest BCUT2D eigenvalue weighted by Gasteiger charge is 2.33. The lowest BCUT2D eigenvalue weighted by Gasteiger charge is -2.40. The number of aliphatic hydroxyl groups excluding tert-OH is 1. The number of benzene rings is 1. The van der Waals surface area contributed by atoms with Crippen molar-refractivity contribution in [2.24, 2.45) is 5.41 Å². The van der Waals surface area contributed by atoms with Gasteiger partial charge in [0.25, 0.3) is 0 Å². The van der Waals surface area contributed by atoms with Gasteiger partial charge in [-0.25, -0.2) is 4.79 Å². The Labute approximate surface area is 145 Å². The van der Waals surface area contributed by atoms with Crippen molar-refractivity contribution in [3.05, 3.63) is 29.8 Å². The van der Waals surface area contributed by atoms with Gasteiger partial charge in [0, 0.05) is 38.0 Å². The Kier molecular flexibility index (Phi) is 6.49. The standard InChI is InChI=1S/C19H31N3O2/c1-4-19(14-23)8-10-22(11-9-19)18(24)20-13-16-6-5-7-17(12-16)21-15(2)3/h5-7,12,15,21,23H,4,8-11,13-14H2,1-3H3,(H,20,24). The van der Waals surface area contributed by atoms with Gasteiger partial charge in [-0.15, -0.1) is 0 Å². The van der Waals surface area contributed by atoms with E-state index in [2.05, 4.69) is 37.5 Å². The van der Waals surface area contributed by atoms with E-state index in [0.717, 1.165) is 43.6 Å². The summed E-state index contributed by atoms with van der Waals surface area (Å²) in [4.78, 5) is 14.2. The van der Waals surface area contributed by atoms with Gasteiger partial charge in [0.2, 0.25) is 0 Å². The van der Waals surface area contributed by atoms with Crippen LogP contribution in [-0.4, -0.2) is 41.8 Å². The van der Waals surface area contributed by atoms with Crippen LogP contribution in [0.3, 0.4) is 0 Å². The van der Waals surface area contributed by atoms with Gasteiger partial charge < -0.3 is 20.6 Å². The molecule has 24 heavy (non-hydrogen) atoms. The molecule has 2 amide bonds. The van der Waals surface area contributed by atoms with Crippen LogP contribution in [0.5, 0.6) is 0 Å². The Balaban J connectivity index is 1.84. The molecule has 0 aromatic heterocycles. The minimum Gasteiger partial charge on any atom is -0.396 e. The number of hydrogen-bond acceptors (Lipinski definition) is 3. The molecule has 0 aliphatic carbocycles. The highest BCUT2D eigenvalue weighted by Crippen LogP contribution is 2.34. The van der Waals surface area contributed by atoms with Gasteiger partial charge >= 0.3 is 6.03 Å². The zero-order valence-corrected chi connectivity index (χ0v) is 15.1. The zero-order valence-electron chi connectivity index (χ0n) is 15.1. The lowest BCUT2D eigenvalue weighted by Crippen LogP contribution is -2.48. The SMILES string of the molecule is CCC1(CO)CCN(C(=O)NCc2cccc(NC(C)C)c2)CC1. The van der Waals surface area contributed by atoms with Gasteiger partial charge in [0.1, 0.15) is 0 Å². The van der Waals surface area contributed by atoms with E-state index in [0.29, 0.717) is 12.6 Å². The topological polar surface area (TPSA) is 64.6 Å². The van der Waals surface area contributed by atoms with Gasteiger partial charge in [0.05, 0.1) is 0 Å². The maximum atomic E-state index is 12.4. The third-order valence-corrected chi connectivity index (χ3v) is 5.02. The largest absolute Gasteiger partial charge is 0.396 e. The Morgan fingerprint density at radius 1 is 1.33 bits per heavy atom. The smallest absolute Gasteiger partial charge is 0.317 e. The minimum absolute atomic E-state index is 0.00757. The number of hydrogen-bond donors (Lipinski definition) is 3. The third kappa shape index (κ3) is 4.87. The van der Waals surface area contributed by atoms with Gasteiger partial charge in [-0.1, -0.05) is 19.1 Å². The van der Waals surface area contributed by atoms with E-state index in [1.54, 1.807) is 0 Å². The number of urea groups is 1. The molecule has 1 aliphatic rings. The van der Waals surface area contributed by atoms with Crippen LogP contribution in [0.4, 0.5) is 10.5 Å². The first-order valence-corrected chi connectivity index (χ1v) is 8.97. The summed E-state index contributed by atoms with van der Waals surface area (Å²) >= 11 is 0. The lowest BCUT2D eigenvalue weighted by atomic mass is 9.77. The Bertz CT molecular complexity index is 531. The summed E-state index contributed by atoms with van der Waals surface area (Å²) in [7, 11) is 0. The predicted molar refractivity (Wildman–Crippen MR) is 98.1 cm³/mol. The molecule has 0 spiro atoms. The first-order valence-electron chi connectivity index (χ1n) is 8.97. The Hall–Kier alpha value is -1.75. The van der Waals surface area contributed by atoms with Crippen molar-refractivity contribution in [2.75, 3.05) is 25.0 Å². The van der Waals surface area contributed by atoms with Crippen molar-refractivity contribution in [2.45, 2.75) is 52.6 Å². The van der Waals surface area contributed by atoms with Crippen molar-refractivity contribution in [1.29, 1.82) is 0 Å². The summed E-state index contributed by atoms with van der Waals surface area (Å²) in [6.45, 7) is 8.51. The number of amides is 2. The van der Waals surface area contributed by atoms with Gasteiger partial charge in [-0.3, -0.25) is 0 Å². The molecule has 1 aromatic rings. The second-order valence-corrected chi connectivity index (χ2v) is 7.16. The van der Waals surface area contributed by atoms with Crippen LogP contribution >= 0.6 is 0 Å². The lowest BCUT2D eigenvalue weighted by molar-refractivity contribution is 0.0519. The van der Waals surface area contributed by atoms with E-state index < -0.39 is 0 Å². The molecule has 0 unspecified atom stereocenters. The highest BCUT2D eigenvalue weighted by atomic mass is 16.3. The maximum Gasteiger partial charge on any atom is 0.317 e. The first-order chi connectivity index (χ1) is 11.5. The molecule has 0 atom stereocenters. The van der Waals surface area contributed by atoms with Gasteiger partial charge in [0.15, 0.2) is 0 Å². The number of nitrogens with one attached hydrogen (secondary N) is 2. The highest BCUT2D eigenvalue weighted by molar-refractivity contribution is 5.74. The van der Waals surface area contributed by atoms with Crippen LogP contribution < -0.4 is 10.6 Å². The second kappa shape index (κ2) is 8.38. The summed E-state index contributed by atoms with van der Waals surface area (Å²) in [5.74, 6) is 0. The first kappa shape index (κ1) is 18.6. The average molecular weight is 333 g/mol. The summed E-state index contributed by atoms with van der Waals surface area (Å²) in [5, 5.41) is 16.0. The molecule has 5 heteroatoms. The van der Waals surface area contributed by atoms with Crippen LogP contribution in [0.25, 0.3) is 0 Å². The van der Waals surface area contributed by atoms with Crippen molar-refractivity contribution in [1.82, 2.24) is 10.2 Å². The van der Waals surface area contributed by atoms with E-state index in [4.69, 9.17) is 0 Å². The molecular formula is C19H31N3O2. The van der Waals surface area contributed by atoms with E-state index >= 15 is 0 Å². The number of carbonyl (C=O) groups is 1. The number of likely N-dealkylation sites (tertiary alicyclic amines) is 1. The molecule has 0 radical (unpaired) electrons. The van der Waals surface area contributed by atoms with Crippen LogP contribution in [0.2, 0.25) is 0 Å². The quantitative estimate of drug-likeness (QED) is 0.749. The maximum absolute atomic E-state index is 12.4. The van der Waals surface area contributed by atoms with Gasteiger partial charge in [-0.05, 0) is 56.2 Å². The number of carbonyl (C=O) groups excluding carboxylic acids is 1. The summed E-state index contributed by atoms with van der Waals surface area (Å²) in [5.41, 5.74) is 2.17. The molecule has 1 saturated heterocycles. The summed E-state index contributed by atoms with van der Waals surface area (Å²) in [6.07, 6.45) is 2.72. The van der Waals surface area contributed by atoms with Crippen LogP contribution in [0.1, 0.15) is 45.6 Å². The van der Waals surface area contributed by atoms with E-state index in [1.165, 1.54) is 0 Å². The minimum atomic E-state index is -0.0140. The van der Waals surface area contributed by atoms with Crippen LogP contribution in [0.15, 0.2) is 24.3 Å². The molecule has 134 valence electrons. The van der Waals surface area contributed by atoms with Crippen LogP contribution in [0, 0.1) is 5.41 Å². The molecule has 1 heterocycles. The number of anilines is 1. The van der Waals surface area contributed by atoms with Crippen molar-refractivity contribution in [3.8, 4) is 0 Å². The number of piperidine rings is 1. The Morgan fingerprint density at radius 3 is 2.62 bits per heavy atom. The number of aliphatic hydroxyl groups is 1.